The molecule has 2 N–H and O–H groups in total. The molecule has 0 bridgehead atoms. The summed E-state index contributed by atoms with van der Waals surface area (Å²) in [4.78, 5) is 11.2. The van der Waals surface area contributed by atoms with Crippen LogP contribution >= 0.6 is 35.3 Å². The lowest BCUT2D eigenvalue weighted by Gasteiger charge is -2.34. The van der Waals surface area contributed by atoms with Crippen LogP contribution < -0.4 is 10.6 Å². The minimum atomic E-state index is 0. The van der Waals surface area contributed by atoms with Gasteiger partial charge in [0.05, 0.1) is 0 Å². The average molecular weight is 508 g/mol. The number of guanidine groups is 1. The summed E-state index contributed by atoms with van der Waals surface area (Å²) in [5, 5.41) is 9.07. The Labute approximate surface area is 187 Å². The molecule has 1 aliphatic rings. The lowest BCUT2D eigenvalue weighted by molar-refractivity contribution is 0.139. The fraction of sp³-hybridized carbons (Fsp3) is 0.750. The zero-order chi connectivity index (χ0) is 18.8. The molecule has 1 aliphatic heterocycles. The van der Waals surface area contributed by atoms with Crippen molar-refractivity contribution >= 4 is 41.3 Å². The van der Waals surface area contributed by atoms with Gasteiger partial charge >= 0.3 is 0 Å². The first kappa shape index (κ1) is 24.7. The highest BCUT2D eigenvalue weighted by Crippen LogP contribution is 2.14. The Bertz CT molecular complexity index is 514. The van der Waals surface area contributed by atoms with Crippen molar-refractivity contribution in [3.8, 4) is 0 Å². The highest BCUT2D eigenvalue weighted by molar-refractivity contribution is 14.0. The molecule has 2 rings (SSSR count). The van der Waals surface area contributed by atoms with Gasteiger partial charge in [-0.2, -0.15) is 0 Å². The lowest BCUT2D eigenvalue weighted by Crippen LogP contribution is -2.47. The topological polar surface area (TPSA) is 42.9 Å². The average Bonchev–Trinajstić information content (AvgIpc) is 3.12. The predicted molar refractivity (Wildman–Crippen MR) is 130 cm³/mol. The summed E-state index contributed by atoms with van der Waals surface area (Å²) in [5.74, 6) is 2.13. The highest BCUT2D eigenvalue weighted by Gasteiger charge is 2.16. The minimum Gasteiger partial charge on any atom is -0.357 e. The molecule has 156 valence electrons. The van der Waals surface area contributed by atoms with Gasteiger partial charge in [-0.25, -0.2) is 0 Å². The van der Waals surface area contributed by atoms with Crippen molar-refractivity contribution in [2.24, 2.45) is 16.8 Å². The quantitative estimate of drug-likeness (QED) is 0.307. The van der Waals surface area contributed by atoms with Gasteiger partial charge in [-0.05, 0) is 43.7 Å². The molecule has 0 amide bonds. The number of aliphatic imine (C=N–C) groups is 1. The molecule has 1 aromatic rings. The second-order valence-electron chi connectivity index (χ2n) is 7.70. The summed E-state index contributed by atoms with van der Waals surface area (Å²) in [6, 6.07) is 4.34. The molecule has 2 atom stereocenters. The summed E-state index contributed by atoms with van der Waals surface area (Å²) >= 11 is 1.84. The second-order valence-corrected chi connectivity index (χ2v) is 8.73. The van der Waals surface area contributed by atoms with E-state index in [1.807, 2.05) is 11.3 Å². The van der Waals surface area contributed by atoms with Gasteiger partial charge in [-0.1, -0.05) is 19.9 Å². The van der Waals surface area contributed by atoms with E-state index in [4.69, 9.17) is 4.99 Å². The van der Waals surface area contributed by atoms with Crippen molar-refractivity contribution < 1.29 is 0 Å². The molecule has 0 aromatic carbocycles. The molecule has 1 aromatic heterocycles. The second kappa shape index (κ2) is 13.7. The molecule has 2 heterocycles. The zero-order valence-corrected chi connectivity index (χ0v) is 20.6. The van der Waals surface area contributed by atoms with Crippen molar-refractivity contribution in [1.29, 1.82) is 0 Å². The van der Waals surface area contributed by atoms with Gasteiger partial charge in [0.25, 0.3) is 0 Å². The van der Waals surface area contributed by atoms with Crippen LogP contribution in [0.5, 0.6) is 0 Å². The first-order chi connectivity index (χ1) is 12.6. The fourth-order valence-corrected chi connectivity index (χ4v) is 4.10. The van der Waals surface area contributed by atoms with Crippen LogP contribution in [0.25, 0.3) is 0 Å². The van der Waals surface area contributed by atoms with E-state index in [0.717, 1.165) is 38.6 Å². The third-order valence-electron chi connectivity index (χ3n) is 4.82. The molecule has 1 saturated heterocycles. The van der Waals surface area contributed by atoms with Gasteiger partial charge in [-0.3, -0.25) is 4.99 Å². The van der Waals surface area contributed by atoms with Crippen molar-refractivity contribution in [2.45, 2.75) is 27.2 Å². The molecular weight excluding hydrogens is 469 g/mol. The molecule has 5 nitrogen and oxygen atoms in total. The number of nitrogens with one attached hydrogen (secondary N) is 2. The highest BCUT2D eigenvalue weighted by atomic mass is 127. The largest absolute Gasteiger partial charge is 0.357 e. The molecule has 0 saturated carbocycles. The Hall–Kier alpha value is -0.380. The van der Waals surface area contributed by atoms with E-state index < -0.39 is 0 Å². The van der Waals surface area contributed by atoms with Crippen LogP contribution in [0.15, 0.2) is 22.5 Å². The molecule has 0 radical (unpaired) electrons. The SMILES string of the molecule is CCNC(=NCC(C)Cc1cccs1)NCC(C)CN1CCN(C)CC1.I. The van der Waals surface area contributed by atoms with E-state index in [9.17, 15) is 0 Å². The Kier molecular flexibility index (Phi) is 12.5. The number of nitrogens with zero attached hydrogens (tertiary/aromatic N) is 3. The Morgan fingerprint density at radius 1 is 1.19 bits per heavy atom. The normalized spacial score (nSPS) is 18.6. The number of halogens is 1. The van der Waals surface area contributed by atoms with Gasteiger partial charge in [0, 0.05) is 57.2 Å². The summed E-state index contributed by atoms with van der Waals surface area (Å²) in [6.45, 7) is 15.4. The standard InChI is InChI=1S/C20H37N5S.HI/c1-5-21-20(22-14-17(2)13-19-7-6-12-26-19)23-15-18(3)16-25-10-8-24(4)9-11-25;/h6-7,12,17-18H,5,8-11,13-16H2,1-4H3,(H2,21,22,23);1H. The van der Waals surface area contributed by atoms with Crippen LogP contribution in [0.2, 0.25) is 0 Å². The molecular formula is C20H38IN5S. The Morgan fingerprint density at radius 2 is 1.93 bits per heavy atom. The molecule has 27 heavy (non-hydrogen) atoms. The Morgan fingerprint density at radius 3 is 2.56 bits per heavy atom. The van der Waals surface area contributed by atoms with Crippen LogP contribution in [0.1, 0.15) is 25.6 Å². The summed E-state index contributed by atoms with van der Waals surface area (Å²) in [5.41, 5.74) is 0. The van der Waals surface area contributed by atoms with E-state index >= 15 is 0 Å². The van der Waals surface area contributed by atoms with Gasteiger partial charge in [0.2, 0.25) is 0 Å². The molecule has 0 aliphatic carbocycles. The number of hydrogen-bond acceptors (Lipinski definition) is 4. The summed E-state index contributed by atoms with van der Waals surface area (Å²) < 4.78 is 0. The zero-order valence-electron chi connectivity index (χ0n) is 17.4. The van der Waals surface area contributed by atoms with Gasteiger partial charge < -0.3 is 20.4 Å². The lowest BCUT2D eigenvalue weighted by atomic mass is 10.1. The number of rotatable bonds is 9. The number of piperazine rings is 1. The fourth-order valence-electron chi connectivity index (χ4n) is 3.23. The maximum Gasteiger partial charge on any atom is 0.191 e. The van der Waals surface area contributed by atoms with E-state index in [-0.39, 0.29) is 24.0 Å². The molecule has 2 unspecified atom stereocenters. The smallest absolute Gasteiger partial charge is 0.191 e. The van der Waals surface area contributed by atoms with Gasteiger partial charge in [-0.15, -0.1) is 35.3 Å². The molecule has 1 fully saturated rings. The van der Waals surface area contributed by atoms with Crippen LogP contribution in [0.4, 0.5) is 0 Å². The van der Waals surface area contributed by atoms with Gasteiger partial charge in [0.1, 0.15) is 0 Å². The summed E-state index contributed by atoms with van der Waals surface area (Å²) in [7, 11) is 2.21. The van der Waals surface area contributed by atoms with Crippen molar-refractivity contribution in [2.75, 3.05) is 59.4 Å². The monoisotopic (exact) mass is 507 g/mol. The first-order valence-corrected chi connectivity index (χ1v) is 10.9. The number of likely N-dealkylation sites (N-methyl/N-ethyl adjacent to an activating group) is 1. The predicted octanol–water partition coefficient (Wildman–Crippen LogP) is 2.98. The van der Waals surface area contributed by atoms with Crippen LogP contribution in [-0.4, -0.2) is 75.2 Å². The van der Waals surface area contributed by atoms with Crippen LogP contribution in [0, 0.1) is 11.8 Å². The number of hydrogen-bond donors (Lipinski definition) is 2. The molecule has 7 heteroatoms. The Balaban J connectivity index is 0.00000364. The number of thiophene rings is 1. The third kappa shape index (κ3) is 10.1. The van der Waals surface area contributed by atoms with E-state index in [1.54, 1.807) is 0 Å². The first-order valence-electron chi connectivity index (χ1n) is 10.0. The molecule has 0 spiro atoms. The summed E-state index contributed by atoms with van der Waals surface area (Å²) in [6.07, 6.45) is 1.11. The van der Waals surface area contributed by atoms with Crippen LogP contribution in [-0.2, 0) is 6.42 Å². The van der Waals surface area contributed by atoms with E-state index in [0.29, 0.717) is 11.8 Å². The van der Waals surface area contributed by atoms with Crippen molar-refractivity contribution in [1.82, 2.24) is 20.4 Å². The van der Waals surface area contributed by atoms with Crippen LogP contribution in [0.3, 0.4) is 0 Å². The van der Waals surface area contributed by atoms with E-state index in [1.165, 1.54) is 31.1 Å². The minimum absolute atomic E-state index is 0. The third-order valence-corrected chi connectivity index (χ3v) is 5.72. The van der Waals surface area contributed by atoms with Crippen molar-refractivity contribution in [3.05, 3.63) is 22.4 Å². The maximum absolute atomic E-state index is 4.80. The van der Waals surface area contributed by atoms with Crippen molar-refractivity contribution in [3.63, 3.8) is 0 Å². The van der Waals surface area contributed by atoms with E-state index in [2.05, 4.69) is 65.8 Å². The van der Waals surface area contributed by atoms with Gasteiger partial charge in [0.15, 0.2) is 5.96 Å². The maximum atomic E-state index is 4.80.